The molecule has 4 heteroatoms. The van der Waals surface area contributed by atoms with Gasteiger partial charge in [0.25, 0.3) is 0 Å². The zero-order valence-corrected chi connectivity index (χ0v) is 8.64. The summed E-state index contributed by atoms with van der Waals surface area (Å²) in [5.74, 6) is 0.121. The Morgan fingerprint density at radius 3 is 3.00 bits per heavy atom. The number of carbonyl (C=O) groups is 1. The van der Waals surface area contributed by atoms with Crippen molar-refractivity contribution >= 4 is 5.91 Å². The van der Waals surface area contributed by atoms with Crippen LogP contribution in [0.3, 0.4) is 0 Å². The maximum absolute atomic E-state index is 11.9. The van der Waals surface area contributed by atoms with Crippen LogP contribution in [-0.4, -0.2) is 37.7 Å². The molecule has 0 radical (unpaired) electrons. The Balaban J connectivity index is 2.19. The first kappa shape index (κ1) is 9.93. The summed E-state index contributed by atoms with van der Waals surface area (Å²) in [6.07, 6.45) is 4.19. The summed E-state index contributed by atoms with van der Waals surface area (Å²) >= 11 is 0. The van der Waals surface area contributed by atoms with Crippen molar-refractivity contribution in [1.29, 1.82) is 0 Å². The van der Waals surface area contributed by atoms with E-state index in [-0.39, 0.29) is 12.0 Å². The molecule has 0 bridgehead atoms. The summed E-state index contributed by atoms with van der Waals surface area (Å²) in [5.41, 5.74) is -0.439. The first-order chi connectivity index (χ1) is 6.79. The molecule has 0 aromatic heterocycles. The molecule has 1 saturated heterocycles. The first-order valence-electron chi connectivity index (χ1n) is 5.36. The summed E-state index contributed by atoms with van der Waals surface area (Å²) in [6, 6.07) is 0. The van der Waals surface area contributed by atoms with Crippen molar-refractivity contribution in [2.45, 2.75) is 37.3 Å². The lowest BCUT2D eigenvalue weighted by Crippen LogP contribution is -2.69. The summed E-state index contributed by atoms with van der Waals surface area (Å²) < 4.78 is 5.43. The smallest absolute Gasteiger partial charge is 0.243 e. The summed E-state index contributed by atoms with van der Waals surface area (Å²) in [7, 11) is 1.70. The third kappa shape index (κ3) is 1.42. The van der Waals surface area contributed by atoms with Crippen LogP contribution in [0.2, 0.25) is 0 Å². The molecule has 2 rings (SSSR count). The zero-order chi connectivity index (χ0) is 10.0. The van der Waals surface area contributed by atoms with E-state index in [4.69, 9.17) is 4.74 Å². The molecule has 1 saturated carbocycles. The second-order valence-corrected chi connectivity index (χ2v) is 4.12. The maximum atomic E-state index is 11.9. The lowest BCUT2D eigenvalue weighted by Gasteiger charge is -2.44. The molecular formula is C10H18N2O2. The number of rotatable bonds is 1. The topological polar surface area (TPSA) is 50.4 Å². The van der Waals surface area contributed by atoms with Gasteiger partial charge >= 0.3 is 0 Å². The van der Waals surface area contributed by atoms with Gasteiger partial charge in [0.1, 0.15) is 5.54 Å². The minimum absolute atomic E-state index is 0.0385. The molecule has 1 heterocycles. The molecule has 2 aliphatic rings. The van der Waals surface area contributed by atoms with E-state index in [1.54, 1.807) is 7.11 Å². The number of nitrogens with one attached hydrogen (secondary N) is 2. The summed E-state index contributed by atoms with van der Waals surface area (Å²) in [4.78, 5) is 11.9. The maximum Gasteiger partial charge on any atom is 0.243 e. The highest BCUT2D eigenvalue weighted by atomic mass is 16.5. The van der Waals surface area contributed by atoms with Gasteiger partial charge in [-0.2, -0.15) is 0 Å². The van der Waals surface area contributed by atoms with Crippen LogP contribution in [0.25, 0.3) is 0 Å². The average Bonchev–Trinajstić information content (AvgIpc) is 2.23. The van der Waals surface area contributed by atoms with E-state index < -0.39 is 5.54 Å². The van der Waals surface area contributed by atoms with Crippen LogP contribution in [-0.2, 0) is 9.53 Å². The molecule has 2 unspecified atom stereocenters. The Kier molecular flexibility index (Phi) is 2.74. The number of amides is 1. The van der Waals surface area contributed by atoms with Crippen molar-refractivity contribution in [2.75, 3.05) is 20.2 Å². The average molecular weight is 198 g/mol. The minimum atomic E-state index is -0.439. The van der Waals surface area contributed by atoms with E-state index in [2.05, 4.69) is 10.6 Å². The predicted molar refractivity (Wildman–Crippen MR) is 53.0 cm³/mol. The highest BCUT2D eigenvalue weighted by Gasteiger charge is 2.48. The second kappa shape index (κ2) is 3.87. The van der Waals surface area contributed by atoms with Gasteiger partial charge in [0.2, 0.25) is 5.91 Å². The number of carbonyl (C=O) groups excluding carboxylic acids is 1. The van der Waals surface area contributed by atoms with Crippen molar-refractivity contribution in [3.63, 3.8) is 0 Å². The van der Waals surface area contributed by atoms with Crippen molar-refractivity contribution in [2.24, 2.45) is 0 Å². The van der Waals surface area contributed by atoms with E-state index in [0.717, 1.165) is 38.8 Å². The van der Waals surface area contributed by atoms with Crippen LogP contribution in [0.4, 0.5) is 0 Å². The van der Waals surface area contributed by atoms with Gasteiger partial charge in [-0.3, -0.25) is 10.1 Å². The van der Waals surface area contributed by atoms with Gasteiger partial charge in [-0.15, -0.1) is 0 Å². The number of hydrogen-bond donors (Lipinski definition) is 2. The molecule has 80 valence electrons. The van der Waals surface area contributed by atoms with Crippen molar-refractivity contribution < 1.29 is 9.53 Å². The summed E-state index contributed by atoms with van der Waals surface area (Å²) in [6.45, 7) is 1.59. The fourth-order valence-electron chi connectivity index (χ4n) is 2.62. The van der Waals surface area contributed by atoms with Crippen LogP contribution < -0.4 is 10.6 Å². The number of hydrogen-bond acceptors (Lipinski definition) is 3. The molecule has 2 fully saturated rings. The van der Waals surface area contributed by atoms with Gasteiger partial charge in [0, 0.05) is 20.2 Å². The fraction of sp³-hybridized carbons (Fsp3) is 0.900. The van der Waals surface area contributed by atoms with Crippen molar-refractivity contribution in [3.05, 3.63) is 0 Å². The normalized spacial score (nSPS) is 38.4. The Morgan fingerprint density at radius 2 is 2.29 bits per heavy atom. The van der Waals surface area contributed by atoms with Crippen molar-refractivity contribution in [1.82, 2.24) is 10.6 Å². The van der Waals surface area contributed by atoms with Gasteiger partial charge in [0.05, 0.1) is 6.10 Å². The number of ether oxygens (including phenoxy) is 1. The lowest BCUT2D eigenvalue weighted by molar-refractivity contribution is -0.139. The van der Waals surface area contributed by atoms with Crippen LogP contribution >= 0.6 is 0 Å². The molecule has 0 aromatic rings. The number of piperazine rings is 1. The standard InChI is InChI=1S/C10H18N2O2/c1-14-8-4-2-3-5-10(8)9(13)11-6-7-12-10/h8,12H,2-7H2,1H3,(H,11,13). The minimum Gasteiger partial charge on any atom is -0.379 e. The number of methoxy groups -OCH3 is 1. The van der Waals surface area contributed by atoms with Gasteiger partial charge in [-0.25, -0.2) is 0 Å². The highest BCUT2D eigenvalue weighted by molar-refractivity contribution is 5.88. The lowest BCUT2D eigenvalue weighted by atomic mass is 9.77. The fourth-order valence-corrected chi connectivity index (χ4v) is 2.62. The van der Waals surface area contributed by atoms with Gasteiger partial charge < -0.3 is 10.1 Å². The Bertz CT molecular complexity index is 226. The van der Waals surface area contributed by atoms with Gasteiger partial charge in [-0.1, -0.05) is 12.8 Å². The van der Waals surface area contributed by atoms with E-state index in [1.165, 1.54) is 0 Å². The highest BCUT2D eigenvalue weighted by Crippen LogP contribution is 2.31. The quantitative estimate of drug-likeness (QED) is 0.625. The van der Waals surface area contributed by atoms with E-state index in [9.17, 15) is 4.79 Å². The van der Waals surface area contributed by atoms with Gasteiger partial charge in [-0.05, 0) is 12.8 Å². The van der Waals surface area contributed by atoms with Crippen LogP contribution in [0, 0.1) is 0 Å². The van der Waals surface area contributed by atoms with Crippen LogP contribution in [0.5, 0.6) is 0 Å². The molecule has 1 spiro atoms. The molecule has 0 aromatic carbocycles. The third-order valence-electron chi connectivity index (χ3n) is 3.38. The van der Waals surface area contributed by atoms with E-state index in [0.29, 0.717) is 0 Å². The van der Waals surface area contributed by atoms with E-state index >= 15 is 0 Å². The van der Waals surface area contributed by atoms with Crippen molar-refractivity contribution in [3.8, 4) is 0 Å². The summed E-state index contributed by atoms with van der Waals surface area (Å²) in [5, 5.41) is 6.27. The third-order valence-corrected chi connectivity index (χ3v) is 3.38. The van der Waals surface area contributed by atoms with Crippen LogP contribution in [0.15, 0.2) is 0 Å². The molecule has 14 heavy (non-hydrogen) atoms. The monoisotopic (exact) mass is 198 g/mol. The molecule has 1 amide bonds. The Hall–Kier alpha value is -0.610. The molecular weight excluding hydrogens is 180 g/mol. The Labute approximate surface area is 84.4 Å². The van der Waals surface area contributed by atoms with Gasteiger partial charge in [0.15, 0.2) is 0 Å². The van der Waals surface area contributed by atoms with Crippen LogP contribution in [0.1, 0.15) is 25.7 Å². The predicted octanol–water partition coefficient (Wildman–Crippen LogP) is 0.0336. The second-order valence-electron chi connectivity index (χ2n) is 4.12. The van der Waals surface area contributed by atoms with E-state index in [1.807, 2.05) is 0 Å². The zero-order valence-electron chi connectivity index (χ0n) is 8.64. The molecule has 2 atom stereocenters. The molecule has 1 aliphatic carbocycles. The first-order valence-corrected chi connectivity index (χ1v) is 5.36. The Morgan fingerprint density at radius 1 is 1.43 bits per heavy atom. The SMILES string of the molecule is COC1CCCCC12NCCNC2=O. The largest absolute Gasteiger partial charge is 0.379 e. The molecule has 4 nitrogen and oxygen atoms in total. The molecule has 2 N–H and O–H groups in total. The molecule has 1 aliphatic heterocycles.